The van der Waals surface area contributed by atoms with Crippen molar-refractivity contribution in [2.75, 3.05) is 0 Å². The molecule has 0 fully saturated rings. The Morgan fingerprint density at radius 3 is 2.86 bits per heavy atom. The van der Waals surface area contributed by atoms with E-state index in [-0.39, 0.29) is 18.5 Å². The predicted octanol–water partition coefficient (Wildman–Crippen LogP) is 0.675. The lowest BCUT2D eigenvalue weighted by Crippen LogP contribution is -2.28. The summed E-state index contributed by atoms with van der Waals surface area (Å²) in [5.41, 5.74) is 1.23. The van der Waals surface area contributed by atoms with Gasteiger partial charge in [0.1, 0.15) is 6.54 Å². The molecule has 8 nitrogen and oxygen atoms in total. The van der Waals surface area contributed by atoms with Crippen LogP contribution in [0.2, 0.25) is 0 Å². The largest absolute Gasteiger partial charge is 0.480 e. The Bertz CT molecular complexity index is 646. The van der Waals surface area contributed by atoms with Gasteiger partial charge in [-0.05, 0) is 19.9 Å². The molecule has 1 atom stereocenters. The summed E-state index contributed by atoms with van der Waals surface area (Å²) in [5, 5.41) is 19.5. The predicted molar refractivity (Wildman–Crippen MR) is 73.6 cm³/mol. The number of nitrogens with zero attached hydrogens (tertiary/aromatic N) is 4. The van der Waals surface area contributed by atoms with E-state index >= 15 is 0 Å². The molecular formula is C13H17N5O3. The summed E-state index contributed by atoms with van der Waals surface area (Å²) in [6.45, 7) is 4.29. The minimum atomic E-state index is -1.01. The van der Waals surface area contributed by atoms with Gasteiger partial charge in [0.25, 0.3) is 5.91 Å². The fraction of sp³-hybridized carbons (Fsp3) is 0.385. The highest BCUT2D eigenvalue weighted by Gasteiger charge is 2.16. The lowest BCUT2D eigenvalue weighted by Gasteiger charge is -2.14. The minimum Gasteiger partial charge on any atom is -0.480 e. The topological polar surface area (TPSA) is 102 Å². The van der Waals surface area contributed by atoms with Gasteiger partial charge in [-0.1, -0.05) is 0 Å². The van der Waals surface area contributed by atoms with Gasteiger partial charge in [0.05, 0.1) is 23.5 Å². The third-order valence-electron chi connectivity index (χ3n) is 3.03. The number of carbonyl (C=O) groups excluding carboxylic acids is 1. The number of carbonyl (C=O) groups is 2. The summed E-state index contributed by atoms with van der Waals surface area (Å²) in [7, 11) is 0. The molecule has 2 aromatic heterocycles. The summed E-state index contributed by atoms with van der Waals surface area (Å²) < 4.78 is 3.01. The van der Waals surface area contributed by atoms with Gasteiger partial charge >= 0.3 is 5.97 Å². The van der Waals surface area contributed by atoms with Crippen molar-refractivity contribution < 1.29 is 14.7 Å². The molecule has 0 bridgehead atoms. The second kappa shape index (κ2) is 6.21. The van der Waals surface area contributed by atoms with E-state index < -0.39 is 5.97 Å². The SMILES string of the molecule is CCn1nccc1C(C)NC(=O)c1cnn(CC(=O)O)c1. The van der Waals surface area contributed by atoms with Crippen LogP contribution in [0.5, 0.6) is 0 Å². The monoisotopic (exact) mass is 291 g/mol. The van der Waals surface area contributed by atoms with E-state index in [2.05, 4.69) is 15.5 Å². The van der Waals surface area contributed by atoms with E-state index in [0.717, 1.165) is 12.2 Å². The number of nitrogens with one attached hydrogen (secondary N) is 1. The van der Waals surface area contributed by atoms with Crippen LogP contribution in [0, 0.1) is 0 Å². The molecule has 2 aromatic rings. The van der Waals surface area contributed by atoms with Gasteiger partial charge in [0.2, 0.25) is 0 Å². The molecule has 2 N–H and O–H groups in total. The maximum absolute atomic E-state index is 12.1. The first kappa shape index (κ1) is 14.8. The lowest BCUT2D eigenvalue weighted by molar-refractivity contribution is -0.137. The number of hydrogen-bond acceptors (Lipinski definition) is 4. The molecule has 0 saturated carbocycles. The molecule has 0 radical (unpaired) electrons. The maximum atomic E-state index is 12.1. The van der Waals surface area contributed by atoms with Gasteiger partial charge in [-0.2, -0.15) is 10.2 Å². The molecule has 1 amide bonds. The van der Waals surface area contributed by atoms with Crippen LogP contribution in [-0.4, -0.2) is 36.5 Å². The molecule has 0 spiro atoms. The van der Waals surface area contributed by atoms with Crippen LogP contribution >= 0.6 is 0 Å². The van der Waals surface area contributed by atoms with Crippen LogP contribution in [0.4, 0.5) is 0 Å². The molecule has 8 heteroatoms. The van der Waals surface area contributed by atoms with E-state index in [9.17, 15) is 9.59 Å². The van der Waals surface area contributed by atoms with Crippen molar-refractivity contribution in [1.82, 2.24) is 24.9 Å². The van der Waals surface area contributed by atoms with E-state index in [1.807, 2.05) is 19.9 Å². The zero-order valence-electron chi connectivity index (χ0n) is 11.9. The van der Waals surface area contributed by atoms with Gasteiger partial charge in [-0.15, -0.1) is 0 Å². The molecule has 2 heterocycles. The smallest absolute Gasteiger partial charge is 0.325 e. The minimum absolute atomic E-state index is 0.206. The number of amides is 1. The average molecular weight is 291 g/mol. The summed E-state index contributed by atoms with van der Waals surface area (Å²) in [6.07, 6.45) is 4.45. The first-order valence-corrected chi connectivity index (χ1v) is 6.58. The quantitative estimate of drug-likeness (QED) is 0.814. The molecule has 0 aliphatic rings. The molecule has 0 aromatic carbocycles. The molecule has 2 rings (SSSR count). The highest BCUT2D eigenvalue weighted by Crippen LogP contribution is 2.12. The van der Waals surface area contributed by atoms with Crippen molar-refractivity contribution in [3.63, 3.8) is 0 Å². The van der Waals surface area contributed by atoms with E-state index in [0.29, 0.717) is 5.56 Å². The highest BCUT2D eigenvalue weighted by molar-refractivity contribution is 5.93. The first-order chi connectivity index (χ1) is 10.0. The maximum Gasteiger partial charge on any atom is 0.325 e. The number of rotatable bonds is 6. The Balaban J connectivity index is 2.04. The normalized spacial score (nSPS) is 12.1. The summed E-state index contributed by atoms with van der Waals surface area (Å²) in [6, 6.07) is 1.64. The van der Waals surface area contributed by atoms with E-state index in [4.69, 9.17) is 5.11 Å². The van der Waals surface area contributed by atoms with Gasteiger partial charge in [-0.3, -0.25) is 19.0 Å². The number of carboxylic acids is 1. The number of carboxylic acid groups (broad SMARTS) is 1. The molecule has 21 heavy (non-hydrogen) atoms. The lowest BCUT2D eigenvalue weighted by atomic mass is 10.2. The zero-order valence-corrected chi connectivity index (χ0v) is 11.9. The Morgan fingerprint density at radius 1 is 1.43 bits per heavy atom. The van der Waals surface area contributed by atoms with Crippen molar-refractivity contribution >= 4 is 11.9 Å². The van der Waals surface area contributed by atoms with Gasteiger partial charge in [0.15, 0.2) is 0 Å². The number of aromatic nitrogens is 4. The summed E-state index contributed by atoms with van der Waals surface area (Å²) in [4.78, 5) is 22.7. The number of aliphatic carboxylic acids is 1. The number of hydrogen-bond donors (Lipinski definition) is 2. The molecule has 0 saturated heterocycles. The van der Waals surface area contributed by atoms with Gasteiger partial charge in [-0.25, -0.2) is 0 Å². The highest BCUT2D eigenvalue weighted by atomic mass is 16.4. The van der Waals surface area contributed by atoms with Crippen molar-refractivity contribution in [3.05, 3.63) is 35.9 Å². The molecule has 112 valence electrons. The Kier molecular flexibility index (Phi) is 4.36. The van der Waals surface area contributed by atoms with Crippen LogP contribution < -0.4 is 5.32 Å². The molecule has 0 aliphatic heterocycles. The van der Waals surface area contributed by atoms with E-state index in [1.54, 1.807) is 10.9 Å². The molecule has 0 aliphatic carbocycles. The van der Waals surface area contributed by atoms with Crippen molar-refractivity contribution in [3.8, 4) is 0 Å². The van der Waals surface area contributed by atoms with Crippen molar-refractivity contribution in [2.24, 2.45) is 0 Å². The summed E-state index contributed by atoms with van der Waals surface area (Å²) >= 11 is 0. The Labute approximate surface area is 121 Å². The third kappa shape index (κ3) is 3.47. The van der Waals surface area contributed by atoms with Crippen LogP contribution in [0.1, 0.15) is 35.9 Å². The molecular weight excluding hydrogens is 274 g/mol. The van der Waals surface area contributed by atoms with Crippen LogP contribution in [-0.2, 0) is 17.9 Å². The van der Waals surface area contributed by atoms with Gasteiger partial charge in [0, 0.05) is 18.9 Å². The third-order valence-corrected chi connectivity index (χ3v) is 3.03. The second-order valence-corrected chi connectivity index (χ2v) is 4.59. The van der Waals surface area contributed by atoms with Crippen molar-refractivity contribution in [2.45, 2.75) is 33.0 Å². The number of aryl methyl sites for hydroxylation is 1. The second-order valence-electron chi connectivity index (χ2n) is 4.59. The fourth-order valence-corrected chi connectivity index (χ4v) is 2.03. The van der Waals surface area contributed by atoms with Crippen molar-refractivity contribution in [1.29, 1.82) is 0 Å². The molecule has 1 unspecified atom stereocenters. The van der Waals surface area contributed by atoms with Gasteiger partial charge < -0.3 is 10.4 Å². The fourth-order valence-electron chi connectivity index (χ4n) is 2.03. The Hall–Kier alpha value is -2.64. The standard InChI is InChI=1S/C13H17N5O3/c1-3-18-11(4-5-14-18)9(2)16-13(21)10-6-15-17(7-10)8-12(19)20/h4-7,9H,3,8H2,1-2H3,(H,16,21)(H,19,20). The first-order valence-electron chi connectivity index (χ1n) is 6.58. The average Bonchev–Trinajstić information content (AvgIpc) is 3.05. The van der Waals surface area contributed by atoms with Crippen LogP contribution in [0.3, 0.4) is 0 Å². The summed E-state index contributed by atoms with van der Waals surface area (Å²) in [5.74, 6) is -1.31. The Morgan fingerprint density at radius 2 is 2.19 bits per heavy atom. The zero-order chi connectivity index (χ0) is 15.4. The van der Waals surface area contributed by atoms with Crippen LogP contribution in [0.25, 0.3) is 0 Å². The van der Waals surface area contributed by atoms with Crippen LogP contribution in [0.15, 0.2) is 24.7 Å². The van der Waals surface area contributed by atoms with E-state index in [1.165, 1.54) is 17.1 Å².